The topological polar surface area (TPSA) is 59.4 Å². The van der Waals surface area contributed by atoms with Crippen molar-refractivity contribution in [2.45, 2.75) is 13.8 Å². The maximum Gasteiger partial charge on any atom is 0.198 e. The monoisotopic (exact) mass is 333 g/mol. The number of carbonyl (C=O) groups is 1. The van der Waals surface area contributed by atoms with Crippen LogP contribution in [0.25, 0.3) is 11.3 Å². The van der Waals surface area contributed by atoms with Gasteiger partial charge in [0.1, 0.15) is 11.5 Å². The molecular weight excluding hydrogens is 314 g/mol. The van der Waals surface area contributed by atoms with E-state index in [4.69, 9.17) is 4.74 Å². The number of aryl methyl sites for hydroxylation is 2. The molecule has 1 N–H and O–H groups in total. The molecule has 0 unspecified atom stereocenters. The molecule has 0 bridgehead atoms. The van der Waals surface area contributed by atoms with Crippen LogP contribution in [0.15, 0.2) is 54.7 Å². The number of pyridine rings is 1. The maximum absolute atomic E-state index is 12.6. The van der Waals surface area contributed by atoms with E-state index in [0.717, 1.165) is 28.1 Å². The number of nitrogens with zero attached hydrogens (tertiary/aromatic N) is 1. The highest BCUT2D eigenvalue weighted by Gasteiger charge is 2.14. The lowest BCUT2D eigenvalue weighted by Gasteiger charge is -2.08. The molecule has 0 saturated heterocycles. The van der Waals surface area contributed by atoms with Gasteiger partial charge in [0.2, 0.25) is 0 Å². The standard InChI is InChI=1S/C21H19NO3/c1-13-4-8-19(23)17(10-13)21(24)16-5-7-18(22-12-16)15-6-9-20(25-3)14(2)11-15/h4-12,23H,1-3H3. The van der Waals surface area contributed by atoms with E-state index in [9.17, 15) is 9.90 Å². The number of hydrogen-bond donors (Lipinski definition) is 1. The highest BCUT2D eigenvalue weighted by Crippen LogP contribution is 2.26. The van der Waals surface area contributed by atoms with Crippen LogP contribution in [0.2, 0.25) is 0 Å². The number of aromatic nitrogens is 1. The van der Waals surface area contributed by atoms with Crippen molar-refractivity contribution in [2.75, 3.05) is 7.11 Å². The van der Waals surface area contributed by atoms with Crippen LogP contribution in [-0.2, 0) is 0 Å². The molecular formula is C21H19NO3. The first-order valence-electron chi connectivity index (χ1n) is 7.95. The second-order valence-corrected chi connectivity index (χ2v) is 5.97. The zero-order valence-corrected chi connectivity index (χ0v) is 14.4. The summed E-state index contributed by atoms with van der Waals surface area (Å²) in [6.07, 6.45) is 1.54. The molecule has 0 aliphatic rings. The summed E-state index contributed by atoms with van der Waals surface area (Å²) in [5.74, 6) is 0.557. The average Bonchev–Trinajstić information content (AvgIpc) is 2.63. The van der Waals surface area contributed by atoms with Crippen molar-refractivity contribution in [1.82, 2.24) is 4.98 Å². The Kier molecular flexibility index (Phi) is 4.52. The van der Waals surface area contributed by atoms with Gasteiger partial charge in [-0.25, -0.2) is 0 Å². The van der Waals surface area contributed by atoms with Crippen LogP contribution in [0.3, 0.4) is 0 Å². The molecule has 0 radical (unpaired) electrons. The van der Waals surface area contributed by atoms with Gasteiger partial charge in [0.25, 0.3) is 0 Å². The quantitative estimate of drug-likeness (QED) is 0.723. The van der Waals surface area contributed by atoms with E-state index in [2.05, 4.69) is 4.98 Å². The number of hydrogen-bond acceptors (Lipinski definition) is 4. The molecule has 1 heterocycles. The predicted octanol–water partition coefficient (Wildman–Crippen LogP) is 4.31. The largest absolute Gasteiger partial charge is 0.507 e. The lowest BCUT2D eigenvalue weighted by molar-refractivity contribution is 0.103. The van der Waals surface area contributed by atoms with Crippen LogP contribution in [0.5, 0.6) is 11.5 Å². The van der Waals surface area contributed by atoms with Gasteiger partial charge in [-0.05, 0) is 61.9 Å². The fraction of sp³-hybridized carbons (Fsp3) is 0.143. The van der Waals surface area contributed by atoms with Crippen LogP contribution < -0.4 is 4.74 Å². The number of aromatic hydroxyl groups is 1. The second-order valence-electron chi connectivity index (χ2n) is 5.97. The minimum atomic E-state index is -0.244. The molecule has 2 aromatic carbocycles. The van der Waals surface area contributed by atoms with Crippen LogP contribution in [-0.4, -0.2) is 23.0 Å². The maximum atomic E-state index is 12.6. The van der Waals surface area contributed by atoms with E-state index in [1.807, 2.05) is 32.0 Å². The van der Waals surface area contributed by atoms with E-state index < -0.39 is 0 Å². The minimum Gasteiger partial charge on any atom is -0.507 e. The molecule has 3 aromatic rings. The summed E-state index contributed by atoms with van der Waals surface area (Å²) in [6, 6.07) is 14.3. The summed E-state index contributed by atoms with van der Waals surface area (Å²) in [5.41, 5.74) is 4.39. The first-order valence-corrected chi connectivity index (χ1v) is 7.95. The normalized spacial score (nSPS) is 10.5. The Labute approximate surface area is 146 Å². The fourth-order valence-corrected chi connectivity index (χ4v) is 2.72. The predicted molar refractivity (Wildman–Crippen MR) is 97.2 cm³/mol. The number of benzene rings is 2. The molecule has 0 amide bonds. The van der Waals surface area contributed by atoms with E-state index in [-0.39, 0.29) is 17.1 Å². The molecule has 1 aromatic heterocycles. The summed E-state index contributed by atoms with van der Waals surface area (Å²) in [6.45, 7) is 3.85. The minimum absolute atomic E-state index is 0.0227. The summed E-state index contributed by atoms with van der Waals surface area (Å²) in [7, 11) is 1.64. The van der Waals surface area contributed by atoms with Crippen molar-refractivity contribution in [2.24, 2.45) is 0 Å². The van der Waals surface area contributed by atoms with Crippen molar-refractivity contribution >= 4 is 5.78 Å². The molecule has 0 spiro atoms. The van der Waals surface area contributed by atoms with Gasteiger partial charge in [-0.15, -0.1) is 0 Å². The number of rotatable bonds is 4. The smallest absolute Gasteiger partial charge is 0.198 e. The Balaban J connectivity index is 1.91. The Hall–Kier alpha value is -3.14. The summed E-state index contributed by atoms with van der Waals surface area (Å²) >= 11 is 0. The van der Waals surface area contributed by atoms with Gasteiger partial charge in [-0.2, -0.15) is 0 Å². The first kappa shape index (κ1) is 16.7. The molecule has 126 valence electrons. The molecule has 0 fully saturated rings. The lowest BCUT2D eigenvalue weighted by Crippen LogP contribution is -2.03. The highest BCUT2D eigenvalue weighted by molar-refractivity contribution is 6.10. The molecule has 4 heteroatoms. The Bertz CT molecular complexity index is 930. The van der Waals surface area contributed by atoms with Crippen molar-refractivity contribution < 1.29 is 14.6 Å². The Morgan fingerprint density at radius 2 is 1.84 bits per heavy atom. The van der Waals surface area contributed by atoms with E-state index in [1.165, 1.54) is 6.07 Å². The fourth-order valence-electron chi connectivity index (χ4n) is 2.72. The van der Waals surface area contributed by atoms with Crippen LogP contribution in [0.4, 0.5) is 0 Å². The SMILES string of the molecule is COc1ccc(-c2ccc(C(=O)c3cc(C)ccc3O)cn2)cc1C. The van der Waals surface area contributed by atoms with Crippen molar-refractivity contribution in [3.8, 4) is 22.8 Å². The molecule has 25 heavy (non-hydrogen) atoms. The molecule has 0 aliphatic heterocycles. The molecule has 3 rings (SSSR count). The zero-order chi connectivity index (χ0) is 18.0. The number of methoxy groups -OCH3 is 1. The van der Waals surface area contributed by atoms with Crippen LogP contribution >= 0.6 is 0 Å². The lowest BCUT2D eigenvalue weighted by atomic mass is 10.0. The third kappa shape index (κ3) is 3.38. The number of carbonyl (C=O) groups excluding carboxylic acids is 1. The molecule has 0 atom stereocenters. The number of ketones is 1. The zero-order valence-electron chi connectivity index (χ0n) is 14.4. The number of ether oxygens (including phenoxy) is 1. The summed E-state index contributed by atoms with van der Waals surface area (Å²) in [5, 5.41) is 9.93. The van der Waals surface area contributed by atoms with Gasteiger partial charge >= 0.3 is 0 Å². The Morgan fingerprint density at radius 1 is 1.04 bits per heavy atom. The average molecular weight is 333 g/mol. The van der Waals surface area contributed by atoms with Crippen molar-refractivity contribution in [3.05, 3.63) is 77.0 Å². The molecule has 4 nitrogen and oxygen atoms in total. The van der Waals surface area contributed by atoms with E-state index in [0.29, 0.717) is 5.56 Å². The molecule has 0 saturated carbocycles. The van der Waals surface area contributed by atoms with Gasteiger partial charge in [0, 0.05) is 17.3 Å². The Morgan fingerprint density at radius 3 is 2.48 bits per heavy atom. The molecule has 0 aliphatic carbocycles. The van der Waals surface area contributed by atoms with E-state index in [1.54, 1.807) is 37.6 Å². The summed E-state index contributed by atoms with van der Waals surface area (Å²) < 4.78 is 5.27. The van der Waals surface area contributed by atoms with Crippen molar-refractivity contribution in [3.63, 3.8) is 0 Å². The highest BCUT2D eigenvalue weighted by atomic mass is 16.5. The number of phenolic OH excluding ortho intramolecular Hbond substituents is 1. The van der Waals surface area contributed by atoms with E-state index >= 15 is 0 Å². The van der Waals surface area contributed by atoms with Gasteiger partial charge in [0.05, 0.1) is 18.4 Å². The van der Waals surface area contributed by atoms with Crippen LogP contribution in [0, 0.1) is 13.8 Å². The summed E-state index contributed by atoms with van der Waals surface area (Å²) in [4.78, 5) is 17.0. The third-order valence-electron chi connectivity index (χ3n) is 4.11. The van der Waals surface area contributed by atoms with Gasteiger partial charge < -0.3 is 9.84 Å². The van der Waals surface area contributed by atoms with Gasteiger partial charge in [-0.3, -0.25) is 9.78 Å². The van der Waals surface area contributed by atoms with Crippen LogP contribution in [0.1, 0.15) is 27.0 Å². The van der Waals surface area contributed by atoms with Gasteiger partial charge in [-0.1, -0.05) is 11.6 Å². The third-order valence-corrected chi connectivity index (χ3v) is 4.11. The first-order chi connectivity index (χ1) is 12.0. The second kappa shape index (κ2) is 6.77. The van der Waals surface area contributed by atoms with Gasteiger partial charge in [0.15, 0.2) is 5.78 Å². The number of phenols is 1. The van der Waals surface area contributed by atoms with Crippen molar-refractivity contribution in [1.29, 1.82) is 0 Å².